The fourth-order valence-electron chi connectivity index (χ4n) is 5.46. The highest BCUT2D eigenvalue weighted by molar-refractivity contribution is 6.19. The van der Waals surface area contributed by atoms with Crippen LogP contribution < -0.4 is 29.3 Å². The molecule has 2 aliphatic heterocycles. The first-order valence-corrected chi connectivity index (χ1v) is 13.0. The van der Waals surface area contributed by atoms with Gasteiger partial charge in [-0.15, -0.1) is 11.6 Å². The summed E-state index contributed by atoms with van der Waals surface area (Å²) in [6.07, 6.45) is -0.844. The van der Waals surface area contributed by atoms with Crippen LogP contribution in [0.15, 0.2) is 30.3 Å². The third kappa shape index (κ3) is 4.32. The number of H-pyrrole nitrogens is 1. The van der Waals surface area contributed by atoms with Crippen molar-refractivity contribution >= 4 is 57.8 Å². The molecule has 2 aromatic carbocycles. The Bertz CT molecular complexity index is 1590. The van der Waals surface area contributed by atoms with Crippen molar-refractivity contribution in [1.82, 2.24) is 10.3 Å². The van der Waals surface area contributed by atoms with Gasteiger partial charge in [-0.3, -0.25) is 14.5 Å². The summed E-state index contributed by atoms with van der Waals surface area (Å²) in [6.45, 7) is 0.246. The summed E-state index contributed by atoms with van der Waals surface area (Å²) in [5.74, 6) is -1.85. The maximum Gasteiger partial charge on any atom is 0.351 e. The highest BCUT2D eigenvalue weighted by atomic mass is 35.5. The molecule has 0 aliphatic carbocycles. The van der Waals surface area contributed by atoms with Gasteiger partial charge in [0.25, 0.3) is 5.91 Å². The average Bonchev–Trinajstić information content (AvgIpc) is 3.54. The molecule has 1 fully saturated rings. The van der Waals surface area contributed by atoms with Crippen molar-refractivity contribution in [1.29, 1.82) is 0 Å². The molecule has 41 heavy (non-hydrogen) atoms. The lowest BCUT2D eigenvalue weighted by molar-refractivity contribution is -0.147. The number of nitrogens with zero attached hydrogens (tertiary/aromatic N) is 2. The third-order valence-electron chi connectivity index (χ3n) is 7.44. The van der Waals surface area contributed by atoms with Crippen molar-refractivity contribution in [2.75, 3.05) is 43.6 Å². The summed E-state index contributed by atoms with van der Waals surface area (Å²) in [6, 6.07) is 7.48. The number of carboxylic acid groups (broad SMARTS) is 2. The number of rotatable bonds is 10. The van der Waals surface area contributed by atoms with E-state index in [-0.39, 0.29) is 36.1 Å². The number of aromatic amines is 1. The normalized spacial score (nSPS) is 19.4. The highest BCUT2D eigenvalue weighted by Crippen LogP contribution is 2.45. The number of benzene rings is 2. The Morgan fingerprint density at radius 3 is 2.39 bits per heavy atom. The van der Waals surface area contributed by atoms with E-state index in [0.29, 0.717) is 33.8 Å². The number of carbonyl (C=O) groups excluding carboxylic acids is 2. The van der Waals surface area contributed by atoms with Crippen LogP contribution in [0.2, 0.25) is 0 Å². The minimum Gasteiger partial charge on any atom is -0.493 e. The van der Waals surface area contributed by atoms with Gasteiger partial charge < -0.3 is 39.6 Å². The number of ether oxygens (including phenoxy) is 3. The number of aromatic nitrogens is 1. The number of hydrogen-bond donors (Lipinski definition) is 4. The van der Waals surface area contributed by atoms with E-state index in [9.17, 15) is 24.3 Å². The molecule has 13 nitrogen and oxygen atoms in total. The molecule has 2 atom stereocenters. The molecule has 4 N–H and O–H groups in total. The zero-order valence-corrected chi connectivity index (χ0v) is 23.1. The first kappa shape index (κ1) is 27.9. The SMILES string of the molecule is COc1cc2cc(C(=O)N3C[C@@H](CCl)c4ccc(N5C(=O)N[C@]5(CCC(=O)O)C(=O)O)cc43)[nH]c2c(OC)c1OC. The van der Waals surface area contributed by atoms with E-state index in [1.807, 2.05) is 0 Å². The zero-order valence-electron chi connectivity index (χ0n) is 22.3. The van der Waals surface area contributed by atoms with Gasteiger partial charge in [0.05, 0.1) is 32.5 Å². The lowest BCUT2D eigenvalue weighted by Crippen LogP contribution is -2.80. The smallest absolute Gasteiger partial charge is 0.351 e. The first-order chi connectivity index (χ1) is 19.6. The average molecular weight is 587 g/mol. The van der Waals surface area contributed by atoms with Gasteiger partial charge >= 0.3 is 18.0 Å². The summed E-state index contributed by atoms with van der Waals surface area (Å²) in [5, 5.41) is 22.0. The molecule has 0 unspecified atom stereocenters. The van der Waals surface area contributed by atoms with E-state index in [0.717, 1.165) is 10.5 Å². The standard InChI is InChI=1S/C27H27ClN4O9/c1-39-19-9-13-8-17(29-21(13)23(41-3)22(19)40-2)24(35)31-12-14(11-28)16-5-4-15(10-18(16)31)32-26(38)30-27(32,25(36)37)7-6-20(33)34/h4-5,8-10,14,29H,6-7,11-12H2,1-3H3,(H,30,38)(H,33,34)(H,36,37)/t14-,27+/m1/s1. The molecule has 1 saturated heterocycles. The second-order valence-electron chi connectivity index (χ2n) is 9.63. The summed E-state index contributed by atoms with van der Waals surface area (Å²) < 4.78 is 16.4. The van der Waals surface area contributed by atoms with Crippen molar-refractivity contribution < 1.29 is 43.6 Å². The molecule has 5 rings (SSSR count). The van der Waals surface area contributed by atoms with E-state index < -0.39 is 36.0 Å². The van der Waals surface area contributed by atoms with Gasteiger partial charge in [0.1, 0.15) is 5.69 Å². The van der Waals surface area contributed by atoms with Gasteiger partial charge in [0.15, 0.2) is 11.5 Å². The largest absolute Gasteiger partial charge is 0.493 e. The van der Waals surface area contributed by atoms with E-state index in [2.05, 4.69) is 10.3 Å². The summed E-state index contributed by atoms with van der Waals surface area (Å²) in [4.78, 5) is 55.5. The lowest BCUT2D eigenvalue weighted by Gasteiger charge is -2.49. The van der Waals surface area contributed by atoms with Gasteiger partial charge in [0.2, 0.25) is 11.4 Å². The molecule has 3 heterocycles. The van der Waals surface area contributed by atoms with Gasteiger partial charge in [-0.05, 0) is 29.8 Å². The van der Waals surface area contributed by atoms with Crippen LogP contribution in [-0.4, -0.2) is 78.5 Å². The Morgan fingerprint density at radius 1 is 1.07 bits per heavy atom. The van der Waals surface area contributed by atoms with Crippen molar-refractivity contribution in [2.24, 2.45) is 0 Å². The Hall–Kier alpha value is -4.65. The van der Waals surface area contributed by atoms with Crippen molar-refractivity contribution in [3.05, 3.63) is 41.6 Å². The van der Waals surface area contributed by atoms with Crippen molar-refractivity contribution in [2.45, 2.75) is 24.4 Å². The number of carbonyl (C=O) groups is 4. The minimum atomic E-state index is -1.94. The zero-order chi connectivity index (χ0) is 29.6. The predicted molar refractivity (Wildman–Crippen MR) is 148 cm³/mol. The number of aliphatic carboxylic acids is 2. The van der Waals surface area contributed by atoms with Crippen LogP contribution in [0.3, 0.4) is 0 Å². The van der Waals surface area contributed by atoms with E-state index in [1.54, 1.807) is 30.3 Å². The molecule has 0 bridgehead atoms. The van der Waals surface area contributed by atoms with Crippen LogP contribution in [0.25, 0.3) is 10.9 Å². The molecule has 0 spiro atoms. The van der Waals surface area contributed by atoms with Crippen LogP contribution in [0.1, 0.15) is 34.8 Å². The number of amides is 3. The number of carboxylic acids is 2. The van der Waals surface area contributed by atoms with Crippen molar-refractivity contribution in [3.8, 4) is 17.2 Å². The van der Waals surface area contributed by atoms with Crippen LogP contribution in [0.4, 0.5) is 16.2 Å². The number of halogens is 1. The van der Waals surface area contributed by atoms with E-state index in [4.69, 9.17) is 30.9 Å². The Kier molecular flexibility index (Phi) is 7.07. The summed E-state index contributed by atoms with van der Waals surface area (Å²) >= 11 is 6.25. The maximum atomic E-state index is 13.9. The molecular weight excluding hydrogens is 560 g/mol. The molecule has 216 valence electrons. The Labute approximate surface area is 238 Å². The molecule has 0 radical (unpaired) electrons. The molecule has 3 amide bonds. The van der Waals surface area contributed by atoms with Crippen LogP contribution in [0.5, 0.6) is 17.2 Å². The van der Waals surface area contributed by atoms with Gasteiger partial charge in [0, 0.05) is 42.3 Å². The number of anilines is 2. The summed E-state index contributed by atoms with van der Waals surface area (Å²) in [5.41, 5.74) is 0.231. The fourth-order valence-corrected chi connectivity index (χ4v) is 5.72. The number of fused-ring (bicyclic) bond motifs is 2. The second kappa shape index (κ2) is 10.4. The topological polar surface area (TPSA) is 171 Å². The molecule has 0 saturated carbocycles. The van der Waals surface area contributed by atoms with E-state index >= 15 is 0 Å². The molecule has 1 aromatic heterocycles. The number of urea groups is 1. The lowest BCUT2D eigenvalue weighted by atomic mass is 9.95. The first-order valence-electron chi connectivity index (χ1n) is 12.5. The number of hydrogen-bond acceptors (Lipinski definition) is 7. The third-order valence-corrected chi connectivity index (χ3v) is 7.81. The molecular formula is C27H27ClN4O9. The van der Waals surface area contributed by atoms with Crippen LogP contribution in [0, 0.1) is 0 Å². The maximum absolute atomic E-state index is 13.9. The summed E-state index contributed by atoms with van der Waals surface area (Å²) in [7, 11) is 4.44. The number of alkyl halides is 1. The fraction of sp³-hybridized carbons (Fsp3) is 0.333. The van der Waals surface area contributed by atoms with Crippen LogP contribution >= 0.6 is 11.6 Å². The Balaban J connectivity index is 1.55. The predicted octanol–water partition coefficient (Wildman–Crippen LogP) is 3.35. The van der Waals surface area contributed by atoms with Gasteiger partial charge in [-0.1, -0.05) is 6.07 Å². The van der Waals surface area contributed by atoms with Gasteiger partial charge in [-0.2, -0.15) is 0 Å². The molecule has 14 heteroatoms. The quantitative estimate of drug-likeness (QED) is 0.260. The van der Waals surface area contributed by atoms with Crippen molar-refractivity contribution in [3.63, 3.8) is 0 Å². The van der Waals surface area contributed by atoms with E-state index in [1.165, 1.54) is 26.2 Å². The Morgan fingerprint density at radius 2 is 1.80 bits per heavy atom. The minimum absolute atomic E-state index is 0.195. The monoisotopic (exact) mass is 586 g/mol. The molecule has 3 aromatic rings. The second-order valence-corrected chi connectivity index (χ2v) is 9.94. The van der Waals surface area contributed by atoms with Gasteiger partial charge in [-0.25, -0.2) is 9.59 Å². The van der Waals surface area contributed by atoms with Crippen LogP contribution in [-0.2, 0) is 9.59 Å². The highest BCUT2D eigenvalue weighted by Gasteiger charge is 2.57. The molecule has 2 aliphatic rings. The number of methoxy groups -OCH3 is 3. The number of nitrogens with one attached hydrogen (secondary N) is 2.